The summed E-state index contributed by atoms with van der Waals surface area (Å²) >= 11 is 0. The molecule has 192 valence electrons. The van der Waals surface area contributed by atoms with Crippen LogP contribution in [0.5, 0.6) is 0 Å². The zero-order valence-corrected chi connectivity index (χ0v) is 20.6. The standard InChI is InChI=1S/C29H31N3O5/c33-27(16-15-26(28(34)35)30-29(36)37-21-22-7-3-1-4-8-22)32-19-17-31(18-20-32)25-13-11-24(12-14-25)23-9-5-2-6-10-23/h1-14,26H,15-21H2,(H,30,36)(H,34,35)/t26-/m0/s1. The second-order valence-electron chi connectivity index (χ2n) is 8.92. The number of hydrogen-bond acceptors (Lipinski definition) is 5. The highest BCUT2D eigenvalue weighted by atomic mass is 16.5. The maximum absolute atomic E-state index is 12.7. The van der Waals surface area contributed by atoms with E-state index >= 15 is 0 Å². The highest BCUT2D eigenvalue weighted by molar-refractivity contribution is 5.82. The van der Waals surface area contributed by atoms with E-state index in [0.717, 1.165) is 16.8 Å². The molecule has 37 heavy (non-hydrogen) atoms. The highest BCUT2D eigenvalue weighted by Gasteiger charge is 2.25. The number of nitrogens with one attached hydrogen (secondary N) is 1. The lowest BCUT2D eigenvalue weighted by Gasteiger charge is -2.36. The van der Waals surface area contributed by atoms with Crippen LogP contribution in [0.25, 0.3) is 11.1 Å². The van der Waals surface area contributed by atoms with Crippen LogP contribution in [0, 0.1) is 0 Å². The number of carbonyl (C=O) groups is 3. The molecule has 0 saturated carbocycles. The van der Waals surface area contributed by atoms with Gasteiger partial charge in [-0.25, -0.2) is 9.59 Å². The number of alkyl carbamates (subject to hydrolysis) is 1. The Morgan fingerprint density at radius 2 is 1.41 bits per heavy atom. The number of ether oxygens (including phenoxy) is 1. The first-order valence-electron chi connectivity index (χ1n) is 12.4. The second kappa shape index (κ2) is 12.6. The van der Waals surface area contributed by atoms with E-state index in [1.54, 1.807) is 17.0 Å². The van der Waals surface area contributed by atoms with Crippen molar-refractivity contribution >= 4 is 23.7 Å². The first-order chi connectivity index (χ1) is 18.0. The normalized spacial score (nSPS) is 14.1. The first kappa shape index (κ1) is 25.8. The molecule has 1 atom stereocenters. The summed E-state index contributed by atoms with van der Waals surface area (Å²) in [5.41, 5.74) is 4.23. The van der Waals surface area contributed by atoms with Gasteiger partial charge in [-0.15, -0.1) is 0 Å². The molecule has 8 heteroatoms. The minimum atomic E-state index is -1.20. The summed E-state index contributed by atoms with van der Waals surface area (Å²) in [5.74, 6) is -1.32. The molecule has 0 bridgehead atoms. The summed E-state index contributed by atoms with van der Waals surface area (Å²) < 4.78 is 5.10. The molecule has 0 radical (unpaired) electrons. The third kappa shape index (κ3) is 7.33. The van der Waals surface area contributed by atoms with Crippen LogP contribution in [-0.4, -0.2) is 60.2 Å². The Labute approximate surface area is 216 Å². The molecule has 1 saturated heterocycles. The number of aliphatic carboxylic acids is 1. The average Bonchev–Trinajstić information content (AvgIpc) is 2.95. The van der Waals surface area contributed by atoms with Gasteiger partial charge in [-0.3, -0.25) is 4.79 Å². The van der Waals surface area contributed by atoms with Crippen LogP contribution in [0.1, 0.15) is 18.4 Å². The van der Waals surface area contributed by atoms with Crippen LogP contribution in [-0.2, 0) is 20.9 Å². The van der Waals surface area contributed by atoms with E-state index in [4.69, 9.17) is 4.74 Å². The van der Waals surface area contributed by atoms with Crippen molar-refractivity contribution < 1.29 is 24.2 Å². The minimum absolute atomic E-state index is 0.00420. The van der Waals surface area contributed by atoms with Gasteiger partial charge in [-0.2, -0.15) is 0 Å². The lowest BCUT2D eigenvalue weighted by Crippen LogP contribution is -2.49. The summed E-state index contributed by atoms with van der Waals surface area (Å²) in [6, 6.07) is 26.5. The number of carboxylic acids is 1. The highest BCUT2D eigenvalue weighted by Crippen LogP contribution is 2.24. The Hall–Kier alpha value is -4.33. The predicted molar refractivity (Wildman–Crippen MR) is 141 cm³/mol. The fourth-order valence-corrected chi connectivity index (χ4v) is 4.30. The van der Waals surface area contributed by atoms with Crippen LogP contribution in [0.2, 0.25) is 0 Å². The zero-order valence-electron chi connectivity index (χ0n) is 20.6. The summed E-state index contributed by atoms with van der Waals surface area (Å²) in [7, 11) is 0. The molecule has 2 N–H and O–H groups in total. The van der Waals surface area contributed by atoms with Gasteiger partial charge < -0.3 is 25.0 Å². The molecule has 1 fully saturated rings. The van der Waals surface area contributed by atoms with Crippen LogP contribution in [0.4, 0.5) is 10.5 Å². The number of rotatable bonds is 9. The molecule has 1 aliphatic heterocycles. The van der Waals surface area contributed by atoms with Crippen LogP contribution >= 0.6 is 0 Å². The molecule has 1 heterocycles. The number of piperazine rings is 1. The SMILES string of the molecule is O=C(N[C@@H](CCC(=O)N1CCN(c2ccc(-c3ccccc3)cc2)CC1)C(=O)O)OCc1ccccc1. The molecule has 8 nitrogen and oxygen atoms in total. The molecule has 4 rings (SSSR count). The molecule has 2 amide bonds. The zero-order chi connectivity index (χ0) is 26.0. The van der Waals surface area contributed by atoms with Crippen molar-refractivity contribution in [2.24, 2.45) is 0 Å². The quantitative estimate of drug-likeness (QED) is 0.457. The third-order valence-corrected chi connectivity index (χ3v) is 6.42. The van der Waals surface area contributed by atoms with Gasteiger partial charge in [0.2, 0.25) is 5.91 Å². The van der Waals surface area contributed by atoms with E-state index in [1.807, 2.05) is 36.4 Å². The summed E-state index contributed by atoms with van der Waals surface area (Å²) in [6.07, 6.45) is -0.798. The van der Waals surface area contributed by atoms with Crippen LogP contribution < -0.4 is 10.2 Å². The number of nitrogens with zero attached hydrogens (tertiary/aromatic N) is 2. The van der Waals surface area contributed by atoms with Gasteiger partial charge in [0.25, 0.3) is 0 Å². The predicted octanol–water partition coefficient (Wildman–Crippen LogP) is 4.16. The smallest absolute Gasteiger partial charge is 0.408 e. The number of amides is 2. The number of carboxylic acid groups (broad SMARTS) is 1. The summed E-state index contributed by atoms with van der Waals surface area (Å²) in [5, 5.41) is 11.8. The van der Waals surface area contributed by atoms with Crippen molar-refractivity contribution in [3.8, 4) is 11.1 Å². The molecule has 1 aliphatic rings. The maximum Gasteiger partial charge on any atom is 0.408 e. The molecule has 0 spiro atoms. The first-order valence-corrected chi connectivity index (χ1v) is 12.4. The fraction of sp³-hybridized carbons (Fsp3) is 0.276. The Bertz CT molecular complexity index is 1180. The lowest BCUT2D eigenvalue weighted by atomic mass is 10.1. The van der Waals surface area contributed by atoms with E-state index in [9.17, 15) is 19.5 Å². The third-order valence-electron chi connectivity index (χ3n) is 6.42. The molecule has 3 aromatic carbocycles. The van der Waals surface area contributed by atoms with E-state index < -0.39 is 18.1 Å². The second-order valence-corrected chi connectivity index (χ2v) is 8.92. The van der Waals surface area contributed by atoms with Crippen molar-refractivity contribution in [3.63, 3.8) is 0 Å². The van der Waals surface area contributed by atoms with E-state index in [2.05, 4.69) is 46.6 Å². The monoisotopic (exact) mass is 501 g/mol. The Balaban J connectivity index is 1.21. The van der Waals surface area contributed by atoms with Crippen molar-refractivity contribution in [3.05, 3.63) is 90.5 Å². The van der Waals surface area contributed by atoms with Crippen molar-refractivity contribution in [2.75, 3.05) is 31.1 Å². The molecule has 0 aromatic heterocycles. The molecule has 3 aromatic rings. The van der Waals surface area contributed by atoms with Crippen LogP contribution in [0.3, 0.4) is 0 Å². The van der Waals surface area contributed by atoms with Gasteiger partial charge in [0, 0.05) is 38.3 Å². The van der Waals surface area contributed by atoms with Gasteiger partial charge in [0.15, 0.2) is 0 Å². The Morgan fingerprint density at radius 3 is 2.03 bits per heavy atom. The fourth-order valence-electron chi connectivity index (χ4n) is 4.30. The van der Waals surface area contributed by atoms with Gasteiger partial charge in [0.1, 0.15) is 12.6 Å². The molecular weight excluding hydrogens is 470 g/mol. The van der Waals surface area contributed by atoms with E-state index in [0.29, 0.717) is 26.2 Å². The van der Waals surface area contributed by atoms with Crippen LogP contribution in [0.15, 0.2) is 84.9 Å². The summed E-state index contributed by atoms with van der Waals surface area (Å²) in [6.45, 7) is 2.55. The van der Waals surface area contributed by atoms with Crippen molar-refractivity contribution in [1.82, 2.24) is 10.2 Å². The van der Waals surface area contributed by atoms with Gasteiger partial charge in [-0.1, -0.05) is 72.8 Å². The number of hydrogen-bond donors (Lipinski definition) is 2. The van der Waals surface area contributed by atoms with E-state index in [1.165, 1.54) is 5.56 Å². The molecule has 0 aliphatic carbocycles. The van der Waals surface area contributed by atoms with Crippen molar-refractivity contribution in [1.29, 1.82) is 0 Å². The Kier molecular flexibility index (Phi) is 8.75. The minimum Gasteiger partial charge on any atom is -0.480 e. The van der Waals surface area contributed by atoms with Gasteiger partial charge >= 0.3 is 12.1 Å². The van der Waals surface area contributed by atoms with Gasteiger partial charge in [0.05, 0.1) is 0 Å². The maximum atomic E-state index is 12.7. The number of carbonyl (C=O) groups excluding carboxylic acids is 2. The molecular formula is C29H31N3O5. The summed E-state index contributed by atoms with van der Waals surface area (Å²) in [4.78, 5) is 40.4. The molecule has 0 unspecified atom stereocenters. The number of anilines is 1. The van der Waals surface area contributed by atoms with E-state index in [-0.39, 0.29) is 25.4 Å². The van der Waals surface area contributed by atoms with Crippen molar-refractivity contribution in [2.45, 2.75) is 25.5 Å². The average molecular weight is 502 g/mol. The Morgan fingerprint density at radius 1 is 0.811 bits per heavy atom. The number of benzene rings is 3. The van der Waals surface area contributed by atoms with Gasteiger partial charge in [-0.05, 0) is 35.2 Å². The lowest BCUT2D eigenvalue weighted by molar-refractivity contribution is -0.140. The largest absolute Gasteiger partial charge is 0.480 e. The topological polar surface area (TPSA) is 99.2 Å².